The first-order valence-electron chi connectivity index (χ1n) is 8.71. The molecule has 25 heavy (non-hydrogen) atoms. The van der Waals surface area contributed by atoms with Gasteiger partial charge in [0.15, 0.2) is 0 Å². The molecule has 0 bridgehead atoms. The molecule has 1 aliphatic heterocycles. The highest BCUT2D eigenvalue weighted by Crippen LogP contribution is 2.45. The Bertz CT molecular complexity index is 854. The van der Waals surface area contributed by atoms with Crippen LogP contribution in [-0.2, 0) is 0 Å². The standard InChI is InChI=1S/C23H21NS/c1-17-12-14-20(15-13-17)23-24-21(18-8-4-2-5-9-18)16-22(25-23)19-10-6-3-7-11-19/h2-15,21-22H,16H2,1H3/t21-,22-/m0/s1. The van der Waals surface area contributed by atoms with Crippen molar-refractivity contribution in [3.05, 3.63) is 107 Å². The molecule has 2 heteroatoms. The number of thioether (sulfide) groups is 1. The maximum absolute atomic E-state index is 5.11. The quantitative estimate of drug-likeness (QED) is 0.539. The minimum Gasteiger partial charge on any atom is -0.270 e. The highest BCUT2D eigenvalue weighted by Gasteiger charge is 2.27. The topological polar surface area (TPSA) is 12.4 Å². The second-order valence-electron chi connectivity index (χ2n) is 6.48. The van der Waals surface area contributed by atoms with Crippen LogP contribution < -0.4 is 0 Å². The summed E-state index contributed by atoms with van der Waals surface area (Å²) < 4.78 is 0. The van der Waals surface area contributed by atoms with Gasteiger partial charge in [-0.1, -0.05) is 102 Å². The lowest BCUT2D eigenvalue weighted by molar-refractivity contribution is 0.641. The van der Waals surface area contributed by atoms with Crippen molar-refractivity contribution in [1.29, 1.82) is 0 Å². The van der Waals surface area contributed by atoms with Gasteiger partial charge in [-0.3, -0.25) is 4.99 Å². The van der Waals surface area contributed by atoms with Gasteiger partial charge in [0.25, 0.3) is 0 Å². The van der Waals surface area contributed by atoms with Gasteiger partial charge in [-0.2, -0.15) is 0 Å². The van der Waals surface area contributed by atoms with Gasteiger partial charge in [0.1, 0.15) is 0 Å². The van der Waals surface area contributed by atoms with Crippen LogP contribution in [0.15, 0.2) is 89.9 Å². The van der Waals surface area contributed by atoms with E-state index in [-0.39, 0.29) is 6.04 Å². The Morgan fingerprint density at radius 3 is 2.00 bits per heavy atom. The van der Waals surface area contributed by atoms with Crippen molar-refractivity contribution in [1.82, 2.24) is 0 Å². The van der Waals surface area contributed by atoms with Gasteiger partial charge < -0.3 is 0 Å². The third-order valence-electron chi connectivity index (χ3n) is 4.62. The van der Waals surface area contributed by atoms with E-state index in [0.717, 1.165) is 11.5 Å². The average molecular weight is 343 g/mol. The molecule has 0 unspecified atom stereocenters. The summed E-state index contributed by atoms with van der Waals surface area (Å²) in [6.07, 6.45) is 1.04. The van der Waals surface area contributed by atoms with Gasteiger partial charge in [0.2, 0.25) is 0 Å². The summed E-state index contributed by atoms with van der Waals surface area (Å²) >= 11 is 1.89. The number of nitrogens with zero attached hydrogens (tertiary/aromatic N) is 1. The molecule has 4 rings (SSSR count). The Morgan fingerprint density at radius 1 is 0.760 bits per heavy atom. The minimum atomic E-state index is 0.212. The van der Waals surface area contributed by atoms with E-state index in [0.29, 0.717) is 5.25 Å². The molecular weight excluding hydrogens is 322 g/mol. The summed E-state index contributed by atoms with van der Waals surface area (Å²) in [6, 6.07) is 30.4. The number of aliphatic imine (C=N–C) groups is 1. The first-order chi connectivity index (χ1) is 12.3. The maximum Gasteiger partial charge on any atom is 0.0990 e. The number of aryl methyl sites for hydroxylation is 1. The van der Waals surface area contributed by atoms with Crippen molar-refractivity contribution in [2.45, 2.75) is 24.6 Å². The van der Waals surface area contributed by atoms with E-state index in [1.54, 1.807) is 0 Å². The molecule has 2 atom stereocenters. The molecule has 0 radical (unpaired) electrons. The van der Waals surface area contributed by atoms with E-state index >= 15 is 0 Å². The second kappa shape index (κ2) is 7.28. The zero-order chi connectivity index (χ0) is 17.1. The van der Waals surface area contributed by atoms with Crippen molar-refractivity contribution in [3.8, 4) is 0 Å². The molecule has 0 saturated heterocycles. The molecule has 0 saturated carbocycles. The van der Waals surface area contributed by atoms with E-state index < -0.39 is 0 Å². The number of hydrogen-bond acceptors (Lipinski definition) is 2. The highest BCUT2D eigenvalue weighted by molar-refractivity contribution is 8.14. The molecule has 124 valence electrons. The van der Waals surface area contributed by atoms with E-state index in [2.05, 4.69) is 91.9 Å². The van der Waals surface area contributed by atoms with E-state index in [4.69, 9.17) is 4.99 Å². The third-order valence-corrected chi connectivity index (χ3v) is 5.93. The SMILES string of the molecule is Cc1ccc(C2=N[C@H](c3ccccc3)C[C@@H](c3ccccc3)S2)cc1. The van der Waals surface area contributed by atoms with Crippen LogP contribution >= 0.6 is 11.8 Å². The molecule has 3 aromatic carbocycles. The first-order valence-corrected chi connectivity index (χ1v) is 9.59. The largest absolute Gasteiger partial charge is 0.270 e. The fourth-order valence-corrected chi connectivity index (χ4v) is 4.51. The van der Waals surface area contributed by atoms with E-state index in [1.165, 1.54) is 22.3 Å². The highest BCUT2D eigenvalue weighted by atomic mass is 32.2. The molecule has 3 aromatic rings. The molecule has 0 N–H and O–H groups in total. The third kappa shape index (κ3) is 3.69. The van der Waals surface area contributed by atoms with E-state index in [9.17, 15) is 0 Å². The lowest BCUT2D eigenvalue weighted by Gasteiger charge is -2.28. The number of hydrogen-bond donors (Lipinski definition) is 0. The molecule has 0 spiro atoms. The van der Waals surface area contributed by atoms with Crippen LogP contribution in [0.5, 0.6) is 0 Å². The summed E-state index contributed by atoms with van der Waals surface area (Å²) in [5, 5.41) is 1.58. The van der Waals surface area contributed by atoms with Crippen molar-refractivity contribution in [2.24, 2.45) is 4.99 Å². The molecule has 0 aliphatic carbocycles. The van der Waals surface area contributed by atoms with Gasteiger partial charge in [0, 0.05) is 10.8 Å². The van der Waals surface area contributed by atoms with Crippen molar-refractivity contribution in [3.63, 3.8) is 0 Å². The van der Waals surface area contributed by atoms with Crippen LogP contribution in [-0.4, -0.2) is 5.04 Å². The summed E-state index contributed by atoms with van der Waals surface area (Å²) in [7, 11) is 0. The number of rotatable bonds is 3. The fourth-order valence-electron chi connectivity index (χ4n) is 3.21. The molecule has 0 aromatic heterocycles. The fraction of sp³-hybridized carbons (Fsp3) is 0.174. The lowest BCUT2D eigenvalue weighted by Crippen LogP contribution is -2.13. The molecule has 1 heterocycles. The normalized spacial score (nSPS) is 20.1. The zero-order valence-corrected chi connectivity index (χ0v) is 15.1. The second-order valence-corrected chi connectivity index (χ2v) is 7.67. The summed E-state index contributed by atoms with van der Waals surface area (Å²) in [5.74, 6) is 0. The Hall–Kier alpha value is -2.32. The van der Waals surface area contributed by atoms with Crippen molar-refractivity contribution >= 4 is 16.8 Å². The Kier molecular flexibility index (Phi) is 4.71. The number of benzene rings is 3. The minimum absolute atomic E-state index is 0.212. The molecule has 1 nitrogen and oxygen atoms in total. The van der Waals surface area contributed by atoms with Crippen LogP contribution in [0.3, 0.4) is 0 Å². The molecule has 0 fully saturated rings. The maximum atomic E-state index is 5.11. The first kappa shape index (κ1) is 16.2. The summed E-state index contributed by atoms with van der Waals surface area (Å²) in [5.41, 5.74) is 5.18. The molecule has 0 amide bonds. The smallest absolute Gasteiger partial charge is 0.0990 e. The van der Waals surface area contributed by atoms with Crippen LogP contribution in [0.2, 0.25) is 0 Å². The van der Waals surface area contributed by atoms with Crippen LogP contribution in [0.4, 0.5) is 0 Å². The van der Waals surface area contributed by atoms with Gasteiger partial charge in [-0.15, -0.1) is 0 Å². The van der Waals surface area contributed by atoms with Crippen molar-refractivity contribution < 1.29 is 0 Å². The van der Waals surface area contributed by atoms with Gasteiger partial charge >= 0.3 is 0 Å². The van der Waals surface area contributed by atoms with Crippen LogP contribution in [0, 0.1) is 6.92 Å². The monoisotopic (exact) mass is 343 g/mol. The van der Waals surface area contributed by atoms with Crippen LogP contribution in [0.1, 0.15) is 40.0 Å². The van der Waals surface area contributed by atoms with E-state index in [1.807, 2.05) is 11.8 Å². The van der Waals surface area contributed by atoms with Crippen molar-refractivity contribution in [2.75, 3.05) is 0 Å². The summed E-state index contributed by atoms with van der Waals surface area (Å²) in [4.78, 5) is 5.11. The Labute approximate surface area is 153 Å². The van der Waals surface area contributed by atoms with Gasteiger partial charge in [-0.25, -0.2) is 0 Å². The van der Waals surface area contributed by atoms with Gasteiger partial charge in [0.05, 0.1) is 11.1 Å². The zero-order valence-electron chi connectivity index (χ0n) is 14.3. The summed E-state index contributed by atoms with van der Waals surface area (Å²) in [6.45, 7) is 2.12. The Balaban J connectivity index is 1.73. The predicted molar refractivity (Wildman–Crippen MR) is 108 cm³/mol. The Morgan fingerprint density at radius 2 is 1.36 bits per heavy atom. The van der Waals surface area contributed by atoms with Crippen LogP contribution in [0.25, 0.3) is 0 Å². The molecular formula is C23H21NS. The molecule has 1 aliphatic rings. The average Bonchev–Trinajstić information content (AvgIpc) is 2.69. The van der Waals surface area contributed by atoms with Gasteiger partial charge in [-0.05, 0) is 24.5 Å². The lowest BCUT2D eigenvalue weighted by atomic mass is 9.98. The predicted octanol–water partition coefficient (Wildman–Crippen LogP) is 6.36.